The molecule has 0 fully saturated rings. The van der Waals surface area contributed by atoms with Gasteiger partial charge in [0.2, 0.25) is 0 Å². The minimum absolute atomic E-state index is 0.0701. The number of aryl methyl sites for hydroxylation is 1. The van der Waals surface area contributed by atoms with Gasteiger partial charge in [-0.2, -0.15) is 8.42 Å². The average molecular weight is 635 g/mol. The summed E-state index contributed by atoms with van der Waals surface area (Å²) in [5, 5.41) is 0. The summed E-state index contributed by atoms with van der Waals surface area (Å²) in [5.41, 5.74) is 0.737. The lowest BCUT2D eigenvalue weighted by Crippen LogP contribution is -2.03. The predicted octanol–water partition coefficient (Wildman–Crippen LogP) is 14.0. The molecule has 0 amide bonds. The van der Waals surface area contributed by atoms with Crippen molar-refractivity contribution in [3.8, 4) is 0 Å². The SMILES string of the molecule is CCCCCCCCCCCCCCCCCCCCCCCCCCCCCCCCCCc1ccccc1S(=O)(=O)O. The van der Waals surface area contributed by atoms with Gasteiger partial charge in [0.25, 0.3) is 10.1 Å². The van der Waals surface area contributed by atoms with Crippen molar-refractivity contribution in [2.75, 3.05) is 0 Å². The fraction of sp³-hybridized carbons (Fsp3) is 0.850. The van der Waals surface area contributed by atoms with E-state index in [2.05, 4.69) is 6.92 Å². The molecule has 0 spiro atoms. The van der Waals surface area contributed by atoms with Crippen LogP contribution in [0.25, 0.3) is 0 Å². The first kappa shape index (κ1) is 41.2. The molecule has 0 aliphatic carbocycles. The van der Waals surface area contributed by atoms with Crippen molar-refractivity contribution in [1.29, 1.82) is 0 Å². The van der Waals surface area contributed by atoms with Gasteiger partial charge in [0.15, 0.2) is 0 Å². The molecule has 0 saturated heterocycles. The van der Waals surface area contributed by atoms with Gasteiger partial charge >= 0.3 is 0 Å². The molecular weight excluding hydrogens is 561 g/mol. The highest BCUT2D eigenvalue weighted by Gasteiger charge is 2.13. The topological polar surface area (TPSA) is 54.4 Å². The first-order valence-corrected chi connectivity index (χ1v) is 21.0. The quantitative estimate of drug-likeness (QED) is 0.0606. The molecular formula is C40H74O3S. The van der Waals surface area contributed by atoms with Crippen molar-refractivity contribution in [3.05, 3.63) is 29.8 Å². The largest absolute Gasteiger partial charge is 0.294 e. The van der Waals surface area contributed by atoms with Crippen LogP contribution in [0.1, 0.15) is 218 Å². The summed E-state index contributed by atoms with van der Waals surface area (Å²) >= 11 is 0. The summed E-state index contributed by atoms with van der Waals surface area (Å²) in [6.45, 7) is 2.30. The smallest absolute Gasteiger partial charge is 0.282 e. The second-order valence-corrected chi connectivity index (χ2v) is 15.2. The van der Waals surface area contributed by atoms with Crippen molar-refractivity contribution in [1.82, 2.24) is 0 Å². The molecule has 0 aliphatic rings. The molecule has 0 aromatic heterocycles. The number of benzene rings is 1. The molecule has 258 valence electrons. The van der Waals surface area contributed by atoms with Gasteiger partial charge in [-0.25, -0.2) is 0 Å². The van der Waals surface area contributed by atoms with Gasteiger partial charge < -0.3 is 0 Å². The normalized spacial score (nSPS) is 11.9. The Kier molecular flexibility index (Phi) is 28.8. The minimum atomic E-state index is -4.12. The van der Waals surface area contributed by atoms with Crippen molar-refractivity contribution in [2.45, 2.75) is 224 Å². The minimum Gasteiger partial charge on any atom is -0.282 e. The molecule has 4 heteroatoms. The van der Waals surface area contributed by atoms with E-state index < -0.39 is 10.1 Å². The Morgan fingerprint density at radius 3 is 0.932 bits per heavy atom. The van der Waals surface area contributed by atoms with Crippen molar-refractivity contribution in [2.24, 2.45) is 0 Å². The Labute approximate surface area is 275 Å². The van der Waals surface area contributed by atoms with E-state index in [0.29, 0.717) is 0 Å². The van der Waals surface area contributed by atoms with E-state index in [1.54, 1.807) is 6.07 Å². The molecule has 1 rings (SSSR count). The first-order chi connectivity index (χ1) is 21.6. The van der Waals surface area contributed by atoms with Gasteiger partial charge in [-0.05, 0) is 24.5 Å². The van der Waals surface area contributed by atoms with Crippen LogP contribution in [0, 0.1) is 0 Å². The Morgan fingerprint density at radius 1 is 0.409 bits per heavy atom. The predicted molar refractivity (Wildman–Crippen MR) is 193 cm³/mol. The van der Waals surface area contributed by atoms with Crippen LogP contribution in [0.3, 0.4) is 0 Å². The van der Waals surface area contributed by atoms with E-state index in [4.69, 9.17) is 0 Å². The lowest BCUT2D eigenvalue weighted by atomic mass is 10.0. The van der Waals surface area contributed by atoms with Gasteiger partial charge in [0.05, 0.1) is 4.90 Å². The zero-order chi connectivity index (χ0) is 31.8. The van der Waals surface area contributed by atoms with Crippen molar-refractivity contribution in [3.63, 3.8) is 0 Å². The van der Waals surface area contributed by atoms with Gasteiger partial charge in [-0.1, -0.05) is 224 Å². The van der Waals surface area contributed by atoms with E-state index in [1.165, 1.54) is 199 Å². The maximum Gasteiger partial charge on any atom is 0.294 e. The fourth-order valence-electron chi connectivity index (χ4n) is 6.65. The third-order valence-corrected chi connectivity index (χ3v) is 10.5. The van der Waals surface area contributed by atoms with E-state index in [-0.39, 0.29) is 4.90 Å². The van der Waals surface area contributed by atoms with Crippen LogP contribution in [0.4, 0.5) is 0 Å². The highest BCUT2D eigenvalue weighted by molar-refractivity contribution is 7.85. The standard InChI is InChI=1S/C40H74O3S/c1-2-3-4-5-6-7-8-9-10-11-12-13-14-15-16-17-18-19-20-21-22-23-24-25-26-27-28-29-30-31-32-33-36-39-37-34-35-38-40(39)44(41,42)43/h34-35,37-38H,2-33,36H2,1H3,(H,41,42,43). The monoisotopic (exact) mass is 635 g/mol. The zero-order valence-electron chi connectivity index (χ0n) is 29.3. The fourth-order valence-corrected chi connectivity index (χ4v) is 7.41. The maximum absolute atomic E-state index is 11.5. The van der Waals surface area contributed by atoms with Crippen LogP contribution in [0.5, 0.6) is 0 Å². The highest BCUT2D eigenvalue weighted by Crippen LogP contribution is 2.19. The van der Waals surface area contributed by atoms with E-state index in [9.17, 15) is 13.0 Å². The molecule has 0 heterocycles. The third kappa shape index (κ3) is 26.4. The van der Waals surface area contributed by atoms with Gasteiger partial charge in [0.1, 0.15) is 0 Å². The Morgan fingerprint density at radius 2 is 0.659 bits per heavy atom. The van der Waals surface area contributed by atoms with Crippen molar-refractivity contribution < 1.29 is 13.0 Å². The molecule has 1 aromatic rings. The van der Waals surface area contributed by atoms with Gasteiger partial charge in [-0.3, -0.25) is 4.55 Å². The maximum atomic E-state index is 11.5. The Hall–Kier alpha value is -0.870. The second-order valence-electron chi connectivity index (χ2n) is 13.8. The lowest BCUT2D eigenvalue weighted by Gasteiger charge is -2.07. The summed E-state index contributed by atoms with van der Waals surface area (Å²) in [6.07, 6.45) is 45.6. The molecule has 0 atom stereocenters. The molecule has 0 radical (unpaired) electrons. The van der Waals surface area contributed by atoms with Gasteiger partial charge in [-0.15, -0.1) is 0 Å². The van der Waals surface area contributed by atoms with Gasteiger partial charge in [0, 0.05) is 0 Å². The zero-order valence-corrected chi connectivity index (χ0v) is 30.1. The molecule has 0 saturated carbocycles. The Balaban J connectivity index is 1.70. The molecule has 1 N–H and O–H groups in total. The van der Waals surface area contributed by atoms with Crippen LogP contribution in [-0.4, -0.2) is 13.0 Å². The van der Waals surface area contributed by atoms with Crippen molar-refractivity contribution >= 4 is 10.1 Å². The van der Waals surface area contributed by atoms with Crippen LogP contribution in [0.15, 0.2) is 29.2 Å². The molecule has 0 unspecified atom stereocenters. The van der Waals surface area contributed by atoms with Crippen LogP contribution in [-0.2, 0) is 16.5 Å². The number of hydrogen-bond donors (Lipinski definition) is 1. The van der Waals surface area contributed by atoms with E-state index >= 15 is 0 Å². The molecule has 0 aliphatic heterocycles. The average Bonchev–Trinajstić information content (AvgIpc) is 3.01. The molecule has 44 heavy (non-hydrogen) atoms. The third-order valence-electron chi connectivity index (χ3n) is 9.55. The van der Waals surface area contributed by atoms with Crippen LogP contribution in [0.2, 0.25) is 0 Å². The van der Waals surface area contributed by atoms with E-state index in [0.717, 1.165) is 24.8 Å². The lowest BCUT2D eigenvalue weighted by molar-refractivity contribution is 0.481. The van der Waals surface area contributed by atoms with E-state index in [1.807, 2.05) is 12.1 Å². The summed E-state index contributed by atoms with van der Waals surface area (Å²) in [4.78, 5) is 0.0701. The number of unbranched alkanes of at least 4 members (excludes halogenated alkanes) is 31. The number of hydrogen-bond acceptors (Lipinski definition) is 2. The highest BCUT2D eigenvalue weighted by atomic mass is 32.2. The summed E-state index contributed by atoms with van der Waals surface area (Å²) < 4.78 is 32.3. The summed E-state index contributed by atoms with van der Waals surface area (Å²) in [6, 6.07) is 6.81. The summed E-state index contributed by atoms with van der Waals surface area (Å²) in [7, 11) is -4.12. The second kappa shape index (κ2) is 30.8. The first-order valence-electron chi connectivity index (χ1n) is 19.6. The van der Waals surface area contributed by atoms with Crippen LogP contribution >= 0.6 is 0 Å². The molecule has 3 nitrogen and oxygen atoms in total. The molecule has 1 aromatic carbocycles. The Bertz CT molecular complexity index is 835. The summed E-state index contributed by atoms with van der Waals surface area (Å²) in [5.74, 6) is 0. The van der Waals surface area contributed by atoms with Crippen LogP contribution < -0.4 is 0 Å². The number of rotatable bonds is 34. The molecule has 0 bridgehead atoms.